The summed E-state index contributed by atoms with van der Waals surface area (Å²) in [6.07, 6.45) is 7.26. The van der Waals surface area contributed by atoms with Gasteiger partial charge in [-0.05, 0) is 19.3 Å². The summed E-state index contributed by atoms with van der Waals surface area (Å²) in [6, 6.07) is 0.879. The fourth-order valence-electron chi connectivity index (χ4n) is 3.06. The van der Waals surface area contributed by atoms with E-state index in [9.17, 15) is 0 Å². The van der Waals surface area contributed by atoms with E-state index in [-0.39, 0.29) is 0 Å². The summed E-state index contributed by atoms with van der Waals surface area (Å²) in [5.41, 5.74) is 0. The second kappa shape index (κ2) is 6.58. The van der Waals surface area contributed by atoms with Crippen LogP contribution < -0.4 is 10.2 Å². The zero-order valence-electron chi connectivity index (χ0n) is 10.7. The lowest BCUT2D eigenvalue weighted by Crippen LogP contribution is -3.14. The van der Waals surface area contributed by atoms with Gasteiger partial charge in [0.15, 0.2) is 0 Å². The van der Waals surface area contributed by atoms with Crippen molar-refractivity contribution in [2.75, 3.05) is 32.8 Å². The first-order chi connectivity index (χ1) is 7.88. The van der Waals surface area contributed by atoms with E-state index in [1.807, 2.05) is 4.90 Å². The molecule has 1 atom stereocenters. The highest BCUT2D eigenvalue weighted by atomic mass is 16.5. The van der Waals surface area contributed by atoms with Crippen LogP contribution in [0.1, 0.15) is 39.0 Å². The number of hydrogen-bond acceptors (Lipinski definition) is 1. The van der Waals surface area contributed by atoms with E-state index in [0.717, 1.165) is 12.6 Å². The minimum Gasteiger partial charge on any atom is -0.372 e. The van der Waals surface area contributed by atoms with Crippen molar-refractivity contribution in [3.63, 3.8) is 0 Å². The number of piperidine rings is 1. The largest absolute Gasteiger partial charge is 0.372 e. The minimum absolute atomic E-state index is 0.556. The zero-order chi connectivity index (χ0) is 11.2. The van der Waals surface area contributed by atoms with Gasteiger partial charge in [0.1, 0.15) is 12.6 Å². The summed E-state index contributed by atoms with van der Waals surface area (Å²) in [5.74, 6) is 0. The molecule has 3 heteroatoms. The predicted molar refractivity (Wildman–Crippen MR) is 64.6 cm³/mol. The Morgan fingerprint density at radius 3 is 2.69 bits per heavy atom. The van der Waals surface area contributed by atoms with Crippen molar-refractivity contribution < 1.29 is 15.0 Å². The van der Waals surface area contributed by atoms with E-state index >= 15 is 0 Å². The summed E-state index contributed by atoms with van der Waals surface area (Å²) in [7, 11) is 0. The van der Waals surface area contributed by atoms with Crippen molar-refractivity contribution in [2.24, 2.45) is 0 Å². The first kappa shape index (κ1) is 12.3. The summed E-state index contributed by atoms with van der Waals surface area (Å²) in [6.45, 7) is 8.65. The molecule has 2 rings (SSSR count). The number of likely N-dealkylation sites (tertiary alicyclic amines) is 1. The molecular formula is C13H28N2O+2. The second-order valence-electron chi connectivity index (χ2n) is 5.44. The Kier molecular flexibility index (Phi) is 5.07. The smallest absolute Gasteiger partial charge is 0.106 e. The van der Waals surface area contributed by atoms with Crippen LogP contribution in [0.15, 0.2) is 0 Å². The van der Waals surface area contributed by atoms with Gasteiger partial charge >= 0.3 is 0 Å². The van der Waals surface area contributed by atoms with Gasteiger partial charge in [-0.2, -0.15) is 0 Å². The number of nitrogens with two attached hydrogens (primary N) is 1. The highest BCUT2D eigenvalue weighted by Crippen LogP contribution is 2.09. The third kappa shape index (κ3) is 3.72. The molecule has 2 fully saturated rings. The standard InChI is InChI=1S/C13H26N2O/c1-2-7-15-8-5-12(6-9-15)14-11-13-4-3-10-16-13/h12-14H,2-11H2,1H3/p+2/t13-/m0/s1. The summed E-state index contributed by atoms with van der Waals surface area (Å²) in [5, 5.41) is 2.55. The van der Waals surface area contributed by atoms with Crippen LogP contribution >= 0.6 is 0 Å². The molecule has 3 N–H and O–H groups in total. The van der Waals surface area contributed by atoms with Gasteiger partial charge < -0.3 is 15.0 Å². The van der Waals surface area contributed by atoms with Crippen LogP contribution in [-0.4, -0.2) is 44.9 Å². The lowest BCUT2D eigenvalue weighted by atomic mass is 10.0. The van der Waals surface area contributed by atoms with Crippen molar-refractivity contribution in [1.29, 1.82) is 0 Å². The number of rotatable bonds is 5. The van der Waals surface area contributed by atoms with Crippen LogP contribution in [0.4, 0.5) is 0 Å². The van der Waals surface area contributed by atoms with E-state index in [4.69, 9.17) is 4.74 Å². The Balaban J connectivity index is 1.57. The molecule has 2 aliphatic rings. The highest BCUT2D eigenvalue weighted by molar-refractivity contribution is 4.64. The van der Waals surface area contributed by atoms with Crippen molar-refractivity contribution in [2.45, 2.75) is 51.2 Å². The maximum atomic E-state index is 5.67. The molecule has 94 valence electrons. The lowest BCUT2D eigenvalue weighted by Gasteiger charge is -2.28. The van der Waals surface area contributed by atoms with Gasteiger partial charge in [0, 0.05) is 19.4 Å². The third-order valence-electron chi connectivity index (χ3n) is 4.10. The topological polar surface area (TPSA) is 30.3 Å². The molecule has 3 nitrogen and oxygen atoms in total. The highest BCUT2D eigenvalue weighted by Gasteiger charge is 2.25. The molecule has 0 aromatic carbocycles. The van der Waals surface area contributed by atoms with Gasteiger partial charge in [-0.15, -0.1) is 0 Å². The van der Waals surface area contributed by atoms with E-state index in [2.05, 4.69) is 12.2 Å². The van der Waals surface area contributed by atoms with Gasteiger partial charge in [0.25, 0.3) is 0 Å². The zero-order valence-corrected chi connectivity index (χ0v) is 10.7. The molecule has 0 saturated carbocycles. The number of quaternary nitrogens is 2. The summed E-state index contributed by atoms with van der Waals surface area (Å²) < 4.78 is 5.67. The molecule has 0 bridgehead atoms. The molecule has 2 heterocycles. The second-order valence-corrected chi connectivity index (χ2v) is 5.44. The van der Waals surface area contributed by atoms with Gasteiger partial charge in [0.05, 0.1) is 25.7 Å². The monoisotopic (exact) mass is 228 g/mol. The van der Waals surface area contributed by atoms with Crippen LogP contribution in [0.3, 0.4) is 0 Å². The molecule has 0 spiro atoms. The Morgan fingerprint density at radius 1 is 1.25 bits per heavy atom. The van der Waals surface area contributed by atoms with Crippen molar-refractivity contribution in [3.8, 4) is 0 Å². The Bertz CT molecular complexity index is 184. The maximum Gasteiger partial charge on any atom is 0.106 e. The number of hydrogen-bond donors (Lipinski definition) is 2. The molecule has 16 heavy (non-hydrogen) atoms. The number of nitrogens with one attached hydrogen (secondary N) is 1. The maximum absolute atomic E-state index is 5.67. The minimum atomic E-state index is 0.556. The molecule has 2 saturated heterocycles. The third-order valence-corrected chi connectivity index (χ3v) is 4.10. The van der Waals surface area contributed by atoms with Crippen molar-refractivity contribution >= 4 is 0 Å². The summed E-state index contributed by atoms with van der Waals surface area (Å²) >= 11 is 0. The molecular weight excluding hydrogens is 200 g/mol. The van der Waals surface area contributed by atoms with Gasteiger partial charge in [-0.3, -0.25) is 0 Å². The molecule has 0 amide bonds. The van der Waals surface area contributed by atoms with Gasteiger partial charge in [0.2, 0.25) is 0 Å². The normalized spacial score (nSPS) is 35.4. The van der Waals surface area contributed by atoms with Crippen molar-refractivity contribution in [1.82, 2.24) is 0 Å². The fourth-order valence-corrected chi connectivity index (χ4v) is 3.06. The van der Waals surface area contributed by atoms with Gasteiger partial charge in [-0.1, -0.05) is 6.92 Å². The van der Waals surface area contributed by atoms with E-state index in [0.29, 0.717) is 6.10 Å². The van der Waals surface area contributed by atoms with Crippen molar-refractivity contribution in [3.05, 3.63) is 0 Å². The fraction of sp³-hybridized carbons (Fsp3) is 1.00. The molecule has 0 aromatic rings. The molecule has 0 unspecified atom stereocenters. The van der Waals surface area contributed by atoms with Crippen LogP contribution in [0.25, 0.3) is 0 Å². The molecule has 0 aliphatic carbocycles. The van der Waals surface area contributed by atoms with Crippen LogP contribution in [0.2, 0.25) is 0 Å². The average molecular weight is 228 g/mol. The first-order valence-corrected chi connectivity index (χ1v) is 7.17. The quantitative estimate of drug-likeness (QED) is 0.633. The molecule has 2 aliphatic heterocycles. The molecule has 0 radical (unpaired) electrons. The first-order valence-electron chi connectivity index (χ1n) is 7.17. The Labute approximate surface area is 99.5 Å². The van der Waals surface area contributed by atoms with E-state index in [1.54, 1.807) is 0 Å². The van der Waals surface area contributed by atoms with Crippen LogP contribution in [0.5, 0.6) is 0 Å². The SMILES string of the molecule is CCC[NH+]1CCC([NH2+]C[C@@H]2CCCO2)CC1. The summed E-state index contributed by atoms with van der Waals surface area (Å²) in [4.78, 5) is 1.82. The van der Waals surface area contributed by atoms with E-state index in [1.165, 1.54) is 58.3 Å². The van der Waals surface area contributed by atoms with Crippen LogP contribution in [-0.2, 0) is 4.74 Å². The molecule has 0 aromatic heterocycles. The van der Waals surface area contributed by atoms with E-state index < -0.39 is 0 Å². The Hall–Kier alpha value is -0.120. The number of ether oxygens (including phenoxy) is 1. The van der Waals surface area contributed by atoms with Gasteiger partial charge in [-0.25, -0.2) is 0 Å². The lowest BCUT2D eigenvalue weighted by molar-refractivity contribution is -0.913. The average Bonchev–Trinajstić information content (AvgIpc) is 2.82. The van der Waals surface area contributed by atoms with Crippen LogP contribution in [0, 0.1) is 0 Å². The predicted octanol–water partition coefficient (Wildman–Crippen LogP) is -0.814. The Morgan fingerprint density at radius 2 is 2.06 bits per heavy atom.